The minimum Gasteiger partial charge on any atom is -0.369 e. The molecule has 1 amide bonds. The van der Waals surface area contributed by atoms with Crippen molar-refractivity contribution in [3.63, 3.8) is 0 Å². The van der Waals surface area contributed by atoms with Crippen LogP contribution < -0.4 is 5.73 Å². The molecule has 0 saturated heterocycles. The lowest BCUT2D eigenvalue weighted by Gasteiger charge is -2.20. The minimum atomic E-state index is -0.521. The fraction of sp³-hybridized carbons (Fsp3) is 0.385. The van der Waals surface area contributed by atoms with Gasteiger partial charge in [0.1, 0.15) is 0 Å². The van der Waals surface area contributed by atoms with Gasteiger partial charge in [-0.25, -0.2) is 0 Å². The molecule has 0 radical (unpaired) electrons. The first kappa shape index (κ1) is 14.8. The van der Waals surface area contributed by atoms with Gasteiger partial charge in [0.25, 0.3) is 0 Å². The summed E-state index contributed by atoms with van der Waals surface area (Å²) in [5.41, 5.74) is 6.45. The third-order valence-corrected chi connectivity index (χ3v) is 3.29. The fourth-order valence-corrected chi connectivity index (χ4v) is 1.69. The average Bonchev–Trinajstić information content (AvgIpc) is 2.30. The molecule has 0 unspecified atom stereocenters. The number of carbonyl (C=O) groups excluding carboxylic acids is 1. The first-order valence-electron chi connectivity index (χ1n) is 5.53. The molecule has 0 saturated carbocycles. The zero-order chi connectivity index (χ0) is 13.8. The van der Waals surface area contributed by atoms with Gasteiger partial charge >= 0.3 is 0 Å². The second-order valence-electron chi connectivity index (χ2n) is 4.74. The van der Waals surface area contributed by atoms with Crippen LogP contribution in [0.1, 0.15) is 25.8 Å². The van der Waals surface area contributed by atoms with E-state index in [-0.39, 0.29) is 5.91 Å². The van der Waals surface area contributed by atoms with Gasteiger partial charge in [0.2, 0.25) is 5.91 Å². The van der Waals surface area contributed by atoms with E-state index in [4.69, 9.17) is 17.3 Å². The lowest BCUT2D eigenvalue weighted by atomic mass is 9.85. The molecule has 0 aliphatic carbocycles. The van der Waals surface area contributed by atoms with Crippen LogP contribution in [0.5, 0.6) is 0 Å². The number of isothiocyanates is 1. The Morgan fingerprint density at radius 3 is 2.78 bits per heavy atom. The van der Waals surface area contributed by atoms with Crippen LogP contribution in [0.3, 0.4) is 0 Å². The molecule has 0 aromatic heterocycles. The number of benzene rings is 1. The largest absolute Gasteiger partial charge is 0.369 e. The number of hydrogen-bond donors (Lipinski definition) is 1. The molecule has 0 spiro atoms. The molecule has 3 nitrogen and oxygen atoms in total. The molecule has 18 heavy (non-hydrogen) atoms. The summed E-state index contributed by atoms with van der Waals surface area (Å²) in [7, 11) is 0. The molecule has 0 bridgehead atoms. The predicted octanol–water partition coefficient (Wildman–Crippen LogP) is 3.52. The zero-order valence-corrected chi connectivity index (χ0v) is 11.9. The minimum absolute atomic E-state index is 0.298. The van der Waals surface area contributed by atoms with Gasteiger partial charge < -0.3 is 5.73 Å². The van der Waals surface area contributed by atoms with Crippen molar-refractivity contribution in [1.82, 2.24) is 0 Å². The van der Waals surface area contributed by atoms with Crippen LogP contribution in [0.4, 0.5) is 5.69 Å². The predicted molar refractivity (Wildman–Crippen MR) is 77.4 cm³/mol. The number of halogens is 1. The van der Waals surface area contributed by atoms with Crippen molar-refractivity contribution < 1.29 is 4.79 Å². The van der Waals surface area contributed by atoms with Gasteiger partial charge in [0, 0.05) is 5.41 Å². The lowest BCUT2D eigenvalue weighted by Crippen LogP contribution is -2.31. The van der Waals surface area contributed by atoms with Crippen LogP contribution >= 0.6 is 23.8 Å². The lowest BCUT2D eigenvalue weighted by molar-refractivity contribution is -0.126. The molecule has 2 N–H and O–H groups in total. The number of aryl methyl sites for hydroxylation is 1. The highest BCUT2D eigenvalue weighted by atomic mass is 35.5. The fourth-order valence-electron chi connectivity index (χ4n) is 1.43. The maximum Gasteiger partial charge on any atom is 0.223 e. The Hall–Kier alpha value is -1.22. The highest BCUT2D eigenvalue weighted by Gasteiger charge is 2.24. The standard InChI is InChI=1S/C13H15ClN2OS/c1-13(2,12(15)17)6-5-9-3-4-10(14)11(7-9)16-8-18/h3-4,7H,5-6H2,1-2H3,(H2,15,17). The molecule has 0 aliphatic rings. The highest BCUT2D eigenvalue weighted by Crippen LogP contribution is 2.28. The molecule has 0 fully saturated rings. The Bertz CT molecular complexity index is 508. The maximum absolute atomic E-state index is 11.2. The second kappa shape index (κ2) is 6.10. The van der Waals surface area contributed by atoms with Crippen LogP contribution in [0.15, 0.2) is 23.2 Å². The van der Waals surface area contributed by atoms with Crippen molar-refractivity contribution in [3.05, 3.63) is 28.8 Å². The third kappa shape index (κ3) is 3.91. The van der Waals surface area contributed by atoms with Crippen molar-refractivity contribution >= 4 is 40.6 Å². The number of carbonyl (C=O) groups is 1. The van der Waals surface area contributed by atoms with Crippen molar-refractivity contribution in [2.24, 2.45) is 16.1 Å². The van der Waals surface area contributed by atoms with Crippen LogP contribution in [0, 0.1) is 5.41 Å². The molecule has 96 valence electrons. The number of thiocarbonyl (C=S) groups is 1. The third-order valence-electron chi connectivity index (χ3n) is 2.88. The molecular formula is C13H15ClN2OS. The van der Waals surface area contributed by atoms with Gasteiger partial charge in [-0.2, -0.15) is 4.99 Å². The van der Waals surface area contributed by atoms with E-state index in [0.29, 0.717) is 17.1 Å². The summed E-state index contributed by atoms with van der Waals surface area (Å²) in [5.74, 6) is -0.298. The number of rotatable bonds is 5. The van der Waals surface area contributed by atoms with E-state index in [9.17, 15) is 4.79 Å². The van der Waals surface area contributed by atoms with Gasteiger partial charge in [-0.05, 0) is 42.8 Å². The number of primary amides is 1. The van der Waals surface area contributed by atoms with Crippen molar-refractivity contribution in [2.45, 2.75) is 26.7 Å². The van der Waals surface area contributed by atoms with E-state index < -0.39 is 5.41 Å². The Morgan fingerprint density at radius 1 is 1.56 bits per heavy atom. The number of nitrogens with two attached hydrogens (primary N) is 1. The Morgan fingerprint density at radius 2 is 2.22 bits per heavy atom. The van der Waals surface area contributed by atoms with Gasteiger partial charge in [0.05, 0.1) is 15.9 Å². The van der Waals surface area contributed by atoms with Crippen molar-refractivity contribution in [2.75, 3.05) is 0 Å². The average molecular weight is 283 g/mol. The molecule has 5 heteroatoms. The first-order valence-corrected chi connectivity index (χ1v) is 6.31. The summed E-state index contributed by atoms with van der Waals surface area (Å²) < 4.78 is 0. The molecule has 1 aromatic rings. The summed E-state index contributed by atoms with van der Waals surface area (Å²) in [5, 5.41) is 2.83. The normalized spacial score (nSPS) is 10.8. The van der Waals surface area contributed by atoms with Crippen LogP contribution in [0.2, 0.25) is 5.02 Å². The molecule has 0 atom stereocenters. The van der Waals surface area contributed by atoms with Gasteiger partial charge in [-0.3, -0.25) is 4.79 Å². The SMILES string of the molecule is CC(C)(CCc1ccc(Cl)c(N=C=S)c1)C(N)=O. The van der Waals surface area contributed by atoms with Crippen molar-refractivity contribution in [3.8, 4) is 0 Å². The number of aliphatic imine (C=N–C) groups is 1. The second-order valence-corrected chi connectivity index (χ2v) is 5.33. The summed E-state index contributed by atoms with van der Waals surface area (Å²) >= 11 is 10.5. The van der Waals surface area contributed by atoms with E-state index >= 15 is 0 Å². The van der Waals surface area contributed by atoms with E-state index in [0.717, 1.165) is 12.0 Å². The van der Waals surface area contributed by atoms with Crippen LogP contribution in [-0.4, -0.2) is 11.1 Å². The van der Waals surface area contributed by atoms with E-state index in [1.54, 1.807) is 6.07 Å². The highest BCUT2D eigenvalue weighted by molar-refractivity contribution is 7.78. The van der Waals surface area contributed by atoms with E-state index in [1.165, 1.54) is 0 Å². The van der Waals surface area contributed by atoms with Gasteiger partial charge in [-0.15, -0.1) is 0 Å². The molecule has 1 aromatic carbocycles. The number of hydrogen-bond acceptors (Lipinski definition) is 3. The van der Waals surface area contributed by atoms with Crippen LogP contribution in [-0.2, 0) is 11.2 Å². The quantitative estimate of drug-likeness (QED) is 0.663. The van der Waals surface area contributed by atoms with Crippen LogP contribution in [0.25, 0.3) is 0 Å². The number of amides is 1. The Kier molecular flexibility index (Phi) is 5.03. The first-order chi connectivity index (χ1) is 8.36. The Labute approximate surface area is 117 Å². The topological polar surface area (TPSA) is 55.4 Å². The molecule has 1 rings (SSSR count). The van der Waals surface area contributed by atoms with Gasteiger partial charge in [0.15, 0.2) is 0 Å². The smallest absolute Gasteiger partial charge is 0.223 e. The van der Waals surface area contributed by atoms with E-state index in [1.807, 2.05) is 26.0 Å². The summed E-state index contributed by atoms with van der Waals surface area (Å²) in [6.07, 6.45) is 1.40. The van der Waals surface area contributed by atoms with E-state index in [2.05, 4.69) is 22.4 Å². The summed E-state index contributed by atoms with van der Waals surface area (Å²) in [6, 6.07) is 5.51. The summed E-state index contributed by atoms with van der Waals surface area (Å²) in [4.78, 5) is 15.1. The zero-order valence-electron chi connectivity index (χ0n) is 10.4. The van der Waals surface area contributed by atoms with Crippen molar-refractivity contribution in [1.29, 1.82) is 0 Å². The molecule has 0 heterocycles. The Balaban J connectivity index is 2.83. The maximum atomic E-state index is 11.2. The summed E-state index contributed by atoms with van der Waals surface area (Å²) in [6.45, 7) is 3.67. The molecule has 0 aliphatic heterocycles. The molecular weight excluding hydrogens is 268 g/mol. The number of nitrogens with zero attached hydrogens (tertiary/aromatic N) is 1. The van der Waals surface area contributed by atoms with Gasteiger partial charge in [-0.1, -0.05) is 31.5 Å². The monoisotopic (exact) mass is 282 g/mol.